The lowest BCUT2D eigenvalue weighted by molar-refractivity contribution is 0.0556. The standard InChI is InChI=1S/C33H26FNO7S/c1-20-9-15-24(16-10-20)43(39,40)28-18-25-27(35(31(28)36)19-21-7-5-4-6-8-21)17-26(32(37)41-2)30(33(38)42-3)29(25)22-11-13-23(34)14-12-22/h4-18H,19H2,1-3H3. The topological polar surface area (TPSA) is 109 Å². The number of ether oxygens (including phenoxy) is 2. The molecule has 218 valence electrons. The van der Waals surface area contributed by atoms with E-state index < -0.39 is 38.0 Å². The summed E-state index contributed by atoms with van der Waals surface area (Å²) in [5.74, 6) is -2.36. The van der Waals surface area contributed by atoms with Gasteiger partial charge in [0.25, 0.3) is 5.56 Å². The SMILES string of the molecule is COC(=O)c1cc2c(cc(S(=O)(=O)c3ccc(C)cc3)c(=O)n2Cc2ccccc2)c(-c2ccc(F)cc2)c1C(=O)OC. The van der Waals surface area contributed by atoms with Crippen LogP contribution in [-0.4, -0.2) is 39.1 Å². The number of fused-ring (bicyclic) bond motifs is 1. The molecule has 0 radical (unpaired) electrons. The minimum absolute atomic E-state index is 0.0610. The van der Waals surface area contributed by atoms with Gasteiger partial charge >= 0.3 is 11.9 Å². The van der Waals surface area contributed by atoms with Gasteiger partial charge in [0, 0.05) is 10.9 Å². The van der Waals surface area contributed by atoms with Gasteiger partial charge in [-0.05, 0) is 54.4 Å². The molecule has 4 aromatic carbocycles. The van der Waals surface area contributed by atoms with Crippen molar-refractivity contribution in [3.63, 3.8) is 0 Å². The molecule has 0 aliphatic heterocycles. The number of methoxy groups -OCH3 is 2. The molecule has 0 amide bonds. The molecule has 0 bridgehead atoms. The lowest BCUT2D eigenvalue weighted by atomic mass is 9.90. The van der Waals surface area contributed by atoms with E-state index in [1.807, 2.05) is 6.92 Å². The fourth-order valence-electron chi connectivity index (χ4n) is 4.95. The minimum Gasteiger partial charge on any atom is -0.465 e. The van der Waals surface area contributed by atoms with Gasteiger partial charge in [-0.3, -0.25) is 4.79 Å². The molecular formula is C33H26FNO7S. The number of pyridine rings is 1. The number of benzene rings is 4. The first-order valence-electron chi connectivity index (χ1n) is 13.1. The summed E-state index contributed by atoms with van der Waals surface area (Å²) in [5.41, 5.74) is 0.751. The zero-order valence-electron chi connectivity index (χ0n) is 23.5. The lowest BCUT2D eigenvalue weighted by Gasteiger charge is -2.20. The Morgan fingerprint density at radius 3 is 2.07 bits per heavy atom. The Labute approximate surface area is 246 Å². The van der Waals surface area contributed by atoms with Crippen LogP contribution < -0.4 is 5.56 Å². The third kappa shape index (κ3) is 5.44. The molecule has 0 atom stereocenters. The van der Waals surface area contributed by atoms with Crippen LogP contribution in [0.25, 0.3) is 22.0 Å². The normalized spacial score (nSPS) is 11.3. The fraction of sp³-hybridized carbons (Fsp3) is 0.121. The van der Waals surface area contributed by atoms with Crippen LogP contribution in [0.4, 0.5) is 4.39 Å². The molecular weight excluding hydrogens is 573 g/mol. The van der Waals surface area contributed by atoms with Crippen LogP contribution in [0.3, 0.4) is 0 Å². The van der Waals surface area contributed by atoms with Crippen LogP contribution >= 0.6 is 0 Å². The Morgan fingerprint density at radius 1 is 0.837 bits per heavy atom. The second-order valence-electron chi connectivity index (χ2n) is 9.80. The van der Waals surface area contributed by atoms with E-state index >= 15 is 0 Å². The van der Waals surface area contributed by atoms with E-state index in [1.54, 1.807) is 42.5 Å². The number of nitrogens with zero attached hydrogens (tertiary/aromatic N) is 1. The van der Waals surface area contributed by atoms with Crippen LogP contribution in [0, 0.1) is 12.7 Å². The predicted molar refractivity (Wildman–Crippen MR) is 158 cm³/mol. The Bertz CT molecular complexity index is 2040. The van der Waals surface area contributed by atoms with Crippen molar-refractivity contribution in [1.29, 1.82) is 0 Å². The van der Waals surface area contributed by atoms with E-state index in [-0.39, 0.29) is 44.6 Å². The highest BCUT2D eigenvalue weighted by Gasteiger charge is 2.30. The first-order chi connectivity index (χ1) is 20.6. The van der Waals surface area contributed by atoms with E-state index in [9.17, 15) is 27.2 Å². The van der Waals surface area contributed by atoms with E-state index in [2.05, 4.69) is 0 Å². The number of halogens is 1. The summed E-state index contributed by atoms with van der Waals surface area (Å²) in [5, 5.41) is 0.154. The van der Waals surface area contributed by atoms with Crippen LogP contribution in [0.1, 0.15) is 31.8 Å². The van der Waals surface area contributed by atoms with Crippen LogP contribution in [0.5, 0.6) is 0 Å². The van der Waals surface area contributed by atoms with Gasteiger partial charge in [0.1, 0.15) is 10.7 Å². The smallest absolute Gasteiger partial charge is 0.339 e. The lowest BCUT2D eigenvalue weighted by Crippen LogP contribution is -2.28. The summed E-state index contributed by atoms with van der Waals surface area (Å²) >= 11 is 0. The molecule has 0 saturated carbocycles. The number of aryl methyl sites for hydroxylation is 1. The average Bonchev–Trinajstić information content (AvgIpc) is 3.01. The maximum absolute atomic E-state index is 14.1. The summed E-state index contributed by atoms with van der Waals surface area (Å²) in [6, 6.07) is 22.6. The molecule has 0 aliphatic rings. The van der Waals surface area contributed by atoms with E-state index in [0.29, 0.717) is 5.56 Å². The quantitative estimate of drug-likeness (QED) is 0.225. The van der Waals surface area contributed by atoms with Gasteiger partial charge in [-0.25, -0.2) is 22.4 Å². The fourth-order valence-corrected chi connectivity index (χ4v) is 6.31. The summed E-state index contributed by atoms with van der Waals surface area (Å²) < 4.78 is 53.2. The average molecular weight is 600 g/mol. The Morgan fingerprint density at radius 2 is 1.47 bits per heavy atom. The minimum atomic E-state index is -4.37. The van der Waals surface area contributed by atoms with Crippen molar-refractivity contribution in [2.75, 3.05) is 14.2 Å². The first kappa shape index (κ1) is 29.4. The van der Waals surface area contributed by atoms with Gasteiger partial charge in [-0.2, -0.15) is 0 Å². The Kier molecular flexibility index (Phi) is 7.97. The molecule has 0 spiro atoms. The van der Waals surface area contributed by atoms with Gasteiger partial charge in [0.05, 0.1) is 42.3 Å². The largest absolute Gasteiger partial charge is 0.465 e. The van der Waals surface area contributed by atoms with Crippen molar-refractivity contribution in [3.05, 3.63) is 129 Å². The molecule has 0 aliphatic carbocycles. The molecule has 43 heavy (non-hydrogen) atoms. The Balaban J connectivity index is 2.00. The van der Waals surface area contributed by atoms with E-state index in [0.717, 1.165) is 31.9 Å². The van der Waals surface area contributed by atoms with Crippen LogP contribution in [-0.2, 0) is 25.9 Å². The molecule has 0 N–H and O–H groups in total. The van der Waals surface area contributed by atoms with Gasteiger partial charge in [0.15, 0.2) is 0 Å². The molecule has 0 unspecified atom stereocenters. The van der Waals surface area contributed by atoms with Crippen molar-refractivity contribution in [3.8, 4) is 11.1 Å². The number of esters is 2. The number of hydrogen-bond donors (Lipinski definition) is 0. The van der Waals surface area contributed by atoms with E-state index in [1.165, 1.54) is 41.0 Å². The van der Waals surface area contributed by atoms with Gasteiger partial charge < -0.3 is 14.0 Å². The highest BCUT2D eigenvalue weighted by Crippen LogP contribution is 2.37. The van der Waals surface area contributed by atoms with E-state index in [4.69, 9.17) is 9.47 Å². The molecule has 5 aromatic rings. The highest BCUT2D eigenvalue weighted by molar-refractivity contribution is 7.91. The number of sulfone groups is 1. The monoisotopic (exact) mass is 599 g/mol. The van der Waals surface area contributed by atoms with Gasteiger partial charge in [-0.1, -0.05) is 60.2 Å². The van der Waals surface area contributed by atoms with Gasteiger partial charge in [-0.15, -0.1) is 0 Å². The van der Waals surface area contributed by atoms with Crippen molar-refractivity contribution in [2.45, 2.75) is 23.3 Å². The number of hydrogen-bond acceptors (Lipinski definition) is 7. The number of carbonyl (C=O) groups excluding carboxylic acids is 2. The second kappa shape index (κ2) is 11.7. The van der Waals surface area contributed by atoms with Crippen LogP contribution in [0.2, 0.25) is 0 Å². The maximum Gasteiger partial charge on any atom is 0.339 e. The number of carbonyl (C=O) groups is 2. The molecule has 0 fully saturated rings. The summed E-state index contributed by atoms with van der Waals surface area (Å²) in [6.45, 7) is 1.75. The predicted octanol–water partition coefficient (Wildman–Crippen LogP) is 5.57. The molecule has 1 aromatic heterocycles. The zero-order valence-corrected chi connectivity index (χ0v) is 24.3. The Hall–Kier alpha value is -5.09. The molecule has 0 saturated heterocycles. The van der Waals surface area contributed by atoms with Crippen molar-refractivity contribution in [1.82, 2.24) is 4.57 Å². The van der Waals surface area contributed by atoms with Crippen molar-refractivity contribution in [2.24, 2.45) is 0 Å². The summed E-state index contributed by atoms with van der Waals surface area (Å²) in [6.07, 6.45) is 0. The van der Waals surface area contributed by atoms with Crippen molar-refractivity contribution < 1.29 is 31.9 Å². The number of rotatable bonds is 7. The molecule has 1 heterocycles. The zero-order chi connectivity index (χ0) is 30.9. The summed E-state index contributed by atoms with van der Waals surface area (Å²) in [7, 11) is -2.10. The molecule has 10 heteroatoms. The summed E-state index contributed by atoms with van der Waals surface area (Å²) in [4.78, 5) is 39.8. The second-order valence-corrected chi connectivity index (χ2v) is 11.7. The third-order valence-corrected chi connectivity index (χ3v) is 8.86. The highest BCUT2D eigenvalue weighted by atomic mass is 32.2. The third-order valence-electron chi connectivity index (χ3n) is 7.10. The first-order valence-corrected chi connectivity index (χ1v) is 14.6. The molecule has 5 rings (SSSR count). The van der Waals surface area contributed by atoms with Crippen LogP contribution in [0.15, 0.2) is 106 Å². The number of aromatic nitrogens is 1. The molecule has 8 nitrogen and oxygen atoms in total. The van der Waals surface area contributed by atoms with Crippen molar-refractivity contribution >= 4 is 32.7 Å². The van der Waals surface area contributed by atoms with Gasteiger partial charge in [0.2, 0.25) is 9.84 Å². The maximum atomic E-state index is 14.1.